The third-order valence-electron chi connectivity index (χ3n) is 1.99. The number of ether oxygens (including phenoxy) is 1. The van der Waals surface area contributed by atoms with E-state index < -0.39 is 11.7 Å². The second kappa shape index (κ2) is 5.61. The van der Waals surface area contributed by atoms with Crippen molar-refractivity contribution in [1.82, 2.24) is 20.1 Å². The van der Waals surface area contributed by atoms with Crippen LogP contribution in [0.1, 0.15) is 26.6 Å². The van der Waals surface area contributed by atoms with E-state index in [0.29, 0.717) is 5.82 Å². The first kappa shape index (κ1) is 14.1. The number of ketones is 1. The first-order valence-corrected chi connectivity index (χ1v) is 5.59. The minimum Gasteiger partial charge on any atom is -0.444 e. The number of hydrogen-bond donors (Lipinski definition) is 1. The van der Waals surface area contributed by atoms with Crippen molar-refractivity contribution in [2.24, 2.45) is 7.05 Å². The van der Waals surface area contributed by atoms with Crippen molar-refractivity contribution in [2.75, 3.05) is 6.54 Å². The lowest BCUT2D eigenvalue weighted by molar-refractivity contribution is -0.117. The Labute approximate surface area is 106 Å². The number of rotatable bonds is 4. The van der Waals surface area contributed by atoms with Gasteiger partial charge in [0, 0.05) is 7.05 Å². The van der Waals surface area contributed by atoms with Crippen molar-refractivity contribution in [1.29, 1.82) is 0 Å². The minimum absolute atomic E-state index is 0.0816. The molecule has 0 aliphatic heterocycles. The van der Waals surface area contributed by atoms with Gasteiger partial charge in [-0.25, -0.2) is 4.79 Å². The normalized spacial score (nSPS) is 11.1. The Hall–Kier alpha value is -1.92. The molecule has 7 nitrogen and oxygen atoms in total. The number of nitrogens with zero attached hydrogens (tertiary/aromatic N) is 3. The molecule has 0 spiro atoms. The van der Waals surface area contributed by atoms with Crippen molar-refractivity contribution in [3.63, 3.8) is 0 Å². The standard InChI is InChI=1S/C11H18N4O3/c1-11(2,3)18-10(17)12-6-8(16)5-9-14-13-7-15(9)4/h7H,5-6H2,1-4H3,(H,12,17). The summed E-state index contributed by atoms with van der Waals surface area (Å²) in [6, 6.07) is 0. The van der Waals surface area contributed by atoms with Crippen molar-refractivity contribution in [3.05, 3.63) is 12.2 Å². The van der Waals surface area contributed by atoms with Crippen LogP contribution >= 0.6 is 0 Å². The highest BCUT2D eigenvalue weighted by atomic mass is 16.6. The molecular formula is C11H18N4O3. The predicted octanol–water partition coefficient (Wildman–Crippen LogP) is 0.451. The summed E-state index contributed by atoms with van der Waals surface area (Å²) in [5.74, 6) is 0.406. The zero-order valence-corrected chi connectivity index (χ0v) is 11.1. The molecule has 0 saturated carbocycles. The van der Waals surface area contributed by atoms with Gasteiger partial charge in [-0.1, -0.05) is 0 Å². The Bertz CT molecular complexity index is 434. The molecule has 7 heteroatoms. The van der Waals surface area contributed by atoms with E-state index in [0.717, 1.165) is 0 Å². The van der Waals surface area contributed by atoms with E-state index in [1.165, 1.54) is 6.33 Å². The predicted molar refractivity (Wildman–Crippen MR) is 64.0 cm³/mol. The van der Waals surface area contributed by atoms with Crippen LogP contribution in [0.4, 0.5) is 4.79 Å². The van der Waals surface area contributed by atoms with Gasteiger partial charge in [0.15, 0.2) is 5.78 Å². The Balaban J connectivity index is 2.34. The molecule has 18 heavy (non-hydrogen) atoms. The molecular weight excluding hydrogens is 236 g/mol. The number of nitrogens with one attached hydrogen (secondary N) is 1. The van der Waals surface area contributed by atoms with Crippen LogP contribution in [0.3, 0.4) is 0 Å². The monoisotopic (exact) mass is 254 g/mol. The number of aromatic nitrogens is 3. The molecule has 0 radical (unpaired) electrons. The number of carbonyl (C=O) groups is 2. The van der Waals surface area contributed by atoms with Crippen LogP contribution in [-0.2, 0) is 23.0 Å². The molecule has 1 N–H and O–H groups in total. The topological polar surface area (TPSA) is 86.1 Å². The van der Waals surface area contributed by atoms with Gasteiger partial charge in [-0.05, 0) is 20.8 Å². The average molecular weight is 254 g/mol. The van der Waals surface area contributed by atoms with E-state index in [2.05, 4.69) is 15.5 Å². The van der Waals surface area contributed by atoms with E-state index in [4.69, 9.17) is 4.74 Å². The number of hydrogen-bond acceptors (Lipinski definition) is 5. The lowest BCUT2D eigenvalue weighted by Crippen LogP contribution is -2.36. The summed E-state index contributed by atoms with van der Waals surface area (Å²) in [7, 11) is 1.75. The summed E-state index contributed by atoms with van der Waals surface area (Å²) >= 11 is 0. The second-order valence-corrected chi connectivity index (χ2v) is 4.93. The first-order valence-electron chi connectivity index (χ1n) is 5.59. The Morgan fingerprint density at radius 1 is 1.44 bits per heavy atom. The fraction of sp³-hybridized carbons (Fsp3) is 0.636. The molecule has 1 rings (SSSR count). The van der Waals surface area contributed by atoms with Crippen LogP contribution in [-0.4, -0.2) is 38.8 Å². The van der Waals surface area contributed by atoms with Gasteiger partial charge in [0.25, 0.3) is 0 Å². The van der Waals surface area contributed by atoms with E-state index >= 15 is 0 Å². The zero-order valence-electron chi connectivity index (χ0n) is 11.1. The summed E-state index contributed by atoms with van der Waals surface area (Å²) in [5, 5.41) is 9.86. The van der Waals surface area contributed by atoms with E-state index in [1.54, 1.807) is 32.4 Å². The zero-order chi connectivity index (χ0) is 13.8. The fourth-order valence-corrected chi connectivity index (χ4v) is 1.19. The van der Waals surface area contributed by atoms with Gasteiger partial charge >= 0.3 is 6.09 Å². The fourth-order valence-electron chi connectivity index (χ4n) is 1.19. The van der Waals surface area contributed by atoms with E-state index in [-0.39, 0.29) is 18.7 Å². The number of aryl methyl sites for hydroxylation is 1. The van der Waals surface area contributed by atoms with E-state index in [9.17, 15) is 9.59 Å². The van der Waals surface area contributed by atoms with Crippen molar-refractivity contribution >= 4 is 11.9 Å². The van der Waals surface area contributed by atoms with Crippen LogP contribution in [0.25, 0.3) is 0 Å². The van der Waals surface area contributed by atoms with Crippen LogP contribution < -0.4 is 5.32 Å². The van der Waals surface area contributed by atoms with Crippen LogP contribution in [0, 0.1) is 0 Å². The van der Waals surface area contributed by atoms with Gasteiger partial charge in [-0.2, -0.15) is 0 Å². The summed E-state index contributed by atoms with van der Waals surface area (Å²) in [5.41, 5.74) is -0.573. The smallest absolute Gasteiger partial charge is 0.408 e. The second-order valence-electron chi connectivity index (χ2n) is 4.93. The first-order chi connectivity index (χ1) is 8.28. The molecule has 1 amide bonds. The third-order valence-corrected chi connectivity index (χ3v) is 1.99. The molecule has 0 aliphatic rings. The highest BCUT2D eigenvalue weighted by Crippen LogP contribution is 2.06. The SMILES string of the molecule is Cn1cnnc1CC(=O)CNC(=O)OC(C)(C)C. The number of alkyl carbamates (subject to hydrolysis) is 1. The van der Waals surface area contributed by atoms with Crippen LogP contribution in [0.5, 0.6) is 0 Å². The van der Waals surface area contributed by atoms with E-state index in [1.807, 2.05) is 0 Å². The summed E-state index contributed by atoms with van der Waals surface area (Å²) in [4.78, 5) is 22.9. The Morgan fingerprint density at radius 3 is 2.61 bits per heavy atom. The Morgan fingerprint density at radius 2 is 2.11 bits per heavy atom. The number of amides is 1. The maximum absolute atomic E-state index is 11.6. The Kier molecular flexibility index (Phi) is 4.41. The molecule has 0 bridgehead atoms. The minimum atomic E-state index is -0.603. The molecule has 0 aliphatic carbocycles. The average Bonchev–Trinajstić information content (AvgIpc) is 2.59. The third kappa shape index (κ3) is 4.94. The lowest BCUT2D eigenvalue weighted by atomic mass is 10.2. The van der Waals surface area contributed by atoms with Crippen molar-refractivity contribution in [2.45, 2.75) is 32.8 Å². The molecule has 1 heterocycles. The summed E-state index contributed by atoms with van der Waals surface area (Å²) in [6.07, 6.45) is 1.05. The highest BCUT2D eigenvalue weighted by molar-refractivity contribution is 5.85. The maximum atomic E-state index is 11.6. The molecule has 1 aromatic heterocycles. The van der Waals surface area contributed by atoms with Gasteiger partial charge in [0.1, 0.15) is 17.8 Å². The van der Waals surface area contributed by atoms with Crippen LogP contribution in [0.15, 0.2) is 6.33 Å². The quantitative estimate of drug-likeness (QED) is 0.843. The van der Waals surface area contributed by atoms with Gasteiger partial charge < -0.3 is 14.6 Å². The molecule has 100 valence electrons. The van der Waals surface area contributed by atoms with Gasteiger partial charge in [-0.15, -0.1) is 10.2 Å². The van der Waals surface area contributed by atoms with Gasteiger partial charge in [0.05, 0.1) is 13.0 Å². The van der Waals surface area contributed by atoms with Gasteiger partial charge in [-0.3, -0.25) is 4.79 Å². The number of carbonyl (C=O) groups excluding carboxylic acids is 2. The molecule has 0 unspecified atom stereocenters. The van der Waals surface area contributed by atoms with Crippen LogP contribution in [0.2, 0.25) is 0 Å². The largest absolute Gasteiger partial charge is 0.444 e. The molecule has 0 aromatic carbocycles. The lowest BCUT2D eigenvalue weighted by Gasteiger charge is -2.19. The number of Topliss-reactive ketones (excluding diaryl/α,β-unsaturated/α-hetero) is 1. The molecule has 1 aromatic rings. The summed E-state index contributed by atoms with van der Waals surface area (Å²) < 4.78 is 6.67. The molecule has 0 saturated heterocycles. The molecule has 0 fully saturated rings. The van der Waals surface area contributed by atoms with Gasteiger partial charge in [0.2, 0.25) is 0 Å². The summed E-state index contributed by atoms with van der Waals surface area (Å²) in [6.45, 7) is 5.19. The van der Waals surface area contributed by atoms with Crippen molar-refractivity contribution in [3.8, 4) is 0 Å². The highest BCUT2D eigenvalue weighted by Gasteiger charge is 2.17. The molecule has 0 atom stereocenters. The van der Waals surface area contributed by atoms with Crippen molar-refractivity contribution < 1.29 is 14.3 Å². The maximum Gasteiger partial charge on any atom is 0.408 e.